The van der Waals surface area contributed by atoms with E-state index in [2.05, 4.69) is 23.2 Å². The lowest BCUT2D eigenvalue weighted by Gasteiger charge is -2.36. The number of carbonyl (C=O) groups excluding carboxylic acids is 2. The zero-order chi connectivity index (χ0) is 22.5. The van der Waals surface area contributed by atoms with E-state index < -0.39 is 0 Å². The summed E-state index contributed by atoms with van der Waals surface area (Å²) in [7, 11) is 1.81. The Morgan fingerprint density at radius 1 is 1.06 bits per heavy atom. The smallest absolute Gasteiger partial charge is 0.241 e. The van der Waals surface area contributed by atoms with Gasteiger partial charge in [0.25, 0.3) is 0 Å². The zero-order valence-electron chi connectivity index (χ0n) is 18.9. The summed E-state index contributed by atoms with van der Waals surface area (Å²) in [4.78, 5) is 31.5. The van der Waals surface area contributed by atoms with Crippen molar-refractivity contribution in [1.29, 1.82) is 0 Å². The minimum Gasteiger partial charge on any atom is -0.378 e. The molecule has 170 valence electrons. The molecular formula is C25H32N4O3. The van der Waals surface area contributed by atoms with Crippen LogP contribution in [0.25, 0.3) is 0 Å². The monoisotopic (exact) mass is 436 g/mol. The topological polar surface area (TPSA) is 65.1 Å². The van der Waals surface area contributed by atoms with E-state index in [9.17, 15) is 9.59 Å². The van der Waals surface area contributed by atoms with Gasteiger partial charge in [-0.15, -0.1) is 0 Å². The summed E-state index contributed by atoms with van der Waals surface area (Å²) in [6, 6.07) is 16.1. The molecule has 1 N–H and O–H groups in total. The largest absolute Gasteiger partial charge is 0.378 e. The van der Waals surface area contributed by atoms with Gasteiger partial charge < -0.3 is 19.9 Å². The van der Waals surface area contributed by atoms with Gasteiger partial charge in [0.15, 0.2) is 0 Å². The molecule has 2 aliphatic rings. The van der Waals surface area contributed by atoms with Crippen LogP contribution in [0.4, 0.5) is 17.1 Å². The van der Waals surface area contributed by atoms with Gasteiger partial charge in [0.2, 0.25) is 11.8 Å². The molecule has 7 heteroatoms. The highest BCUT2D eigenvalue weighted by atomic mass is 16.5. The average molecular weight is 437 g/mol. The van der Waals surface area contributed by atoms with E-state index in [0.717, 1.165) is 56.2 Å². The third kappa shape index (κ3) is 5.29. The second kappa shape index (κ2) is 10.1. The molecule has 1 saturated heterocycles. The molecule has 1 atom stereocenters. The third-order valence-corrected chi connectivity index (χ3v) is 6.14. The predicted octanol–water partition coefficient (Wildman–Crippen LogP) is 2.76. The van der Waals surface area contributed by atoms with E-state index in [1.54, 1.807) is 11.9 Å². The number of rotatable bonds is 6. The van der Waals surface area contributed by atoms with Crippen LogP contribution in [0.1, 0.15) is 18.9 Å². The van der Waals surface area contributed by atoms with Crippen LogP contribution in [0, 0.1) is 0 Å². The summed E-state index contributed by atoms with van der Waals surface area (Å²) in [5, 5.41) is 2.93. The summed E-state index contributed by atoms with van der Waals surface area (Å²) in [6.45, 7) is 5.68. The minimum atomic E-state index is -0.133. The molecule has 0 spiro atoms. The molecular weight excluding hydrogens is 404 g/mol. The number of hydrogen-bond donors (Lipinski definition) is 1. The van der Waals surface area contributed by atoms with Gasteiger partial charge in [-0.25, -0.2) is 0 Å². The van der Waals surface area contributed by atoms with Crippen LogP contribution in [0.3, 0.4) is 0 Å². The van der Waals surface area contributed by atoms with Crippen molar-refractivity contribution in [2.75, 3.05) is 61.6 Å². The normalized spacial score (nSPS) is 18.4. The number of para-hydroxylation sites is 1. The molecule has 2 aromatic rings. The van der Waals surface area contributed by atoms with Crippen LogP contribution in [0.5, 0.6) is 0 Å². The molecule has 2 aromatic carbocycles. The molecule has 2 heterocycles. The van der Waals surface area contributed by atoms with Crippen molar-refractivity contribution < 1.29 is 14.3 Å². The maximum atomic E-state index is 13.0. The molecule has 2 aliphatic heterocycles. The lowest BCUT2D eigenvalue weighted by molar-refractivity contribution is -0.121. The number of nitrogens with one attached hydrogen (secondary N) is 1. The summed E-state index contributed by atoms with van der Waals surface area (Å²) in [5.74, 6) is -0.110. The number of hydrogen-bond acceptors (Lipinski definition) is 5. The van der Waals surface area contributed by atoms with Gasteiger partial charge in [-0.3, -0.25) is 14.5 Å². The number of anilines is 3. The Morgan fingerprint density at radius 3 is 2.53 bits per heavy atom. The van der Waals surface area contributed by atoms with Crippen molar-refractivity contribution in [2.24, 2.45) is 0 Å². The lowest BCUT2D eigenvalue weighted by atomic mass is 9.96. The van der Waals surface area contributed by atoms with Gasteiger partial charge in [0.1, 0.15) is 0 Å². The number of ether oxygens (including phenoxy) is 1. The number of benzene rings is 2. The molecule has 7 nitrogen and oxygen atoms in total. The van der Waals surface area contributed by atoms with Crippen molar-refractivity contribution in [1.82, 2.24) is 4.90 Å². The summed E-state index contributed by atoms with van der Waals surface area (Å²) >= 11 is 0. The molecule has 1 fully saturated rings. The van der Waals surface area contributed by atoms with Gasteiger partial charge >= 0.3 is 0 Å². The first-order valence-corrected chi connectivity index (χ1v) is 11.3. The Balaban J connectivity index is 1.30. The van der Waals surface area contributed by atoms with Gasteiger partial charge in [-0.2, -0.15) is 0 Å². The Morgan fingerprint density at radius 2 is 1.78 bits per heavy atom. The highest BCUT2D eigenvalue weighted by molar-refractivity contribution is 5.97. The van der Waals surface area contributed by atoms with E-state index in [0.29, 0.717) is 0 Å². The third-order valence-electron chi connectivity index (χ3n) is 6.14. The second-order valence-corrected chi connectivity index (χ2v) is 8.65. The van der Waals surface area contributed by atoms with Crippen molar-refractivity contribution in [3.63, 3.8) is 0 Å². The van der Waals surface area contributed by atoms with Crippen LogP contribution in [0.2, 0.25) is 0 Å². The first-order valence-electron chi connectivity index (χ1n) is 11.3. The Bertz CT molecular complexity index is 940. The molecule has 1 unspecified atom stereocenters. The van der Waals surface area contributed by atoms with Crippen LogP contribution >= 0.6 is 0 Å². The molecule has 0 saturated carbocycles. The van der Waals surface area contributed by atoms with Gasteiger partial charge in [-0.1, -0.05) is 18.2 Å². The van der Waals surface area contributed by atoms with Crippen LogP contribution < -0.4 is 15.1 Å². The van der Waals surface area contributed by atoms with Crippen LogP contribution in [0.15, 0.2) is 48.5 Å². The Hall–Kier alpha value is -2.90. The Kier molecular flexibility index (Phi) is 7.07. The number of carbonyl (C=O) groups is 2. The maximum Gasteiger partial charge on any atom is 0.241 e. The fourth-order valence-electron chi connectivity index (χ4n) is 4.45. The fourth-order valence-corrected chi connectivity index (χ4v) is 4.45. The molecule has 0 aromatic heterocycles. The summed E-state index contributed by atoms with van der Waals surface area (Å²) < 4.78 is 5.39. The first kappa shape index (κ1) is 22.3. The summed E-state index contributed by atoms with van der Waals surface area (Å²) in [5.41, 5.74) is 4.09. The Labute approximate surface area is 189 Å². The quantitative estimate of drug-likeness (QED) is 0.754. The van der Waals surface area contributed by atoms with E-state index >= 15 is 0 Å². The minimum absolute atomic E-state index is 0.0230. The number of aryl methyl sites for hydroxylation is 1. The predicted molar refractivity (Wildman–Crippen MR) is 127 cm³/mol. The number of fused-ring (bicyclic) bond motifs is 1. The fraction of sp³-hybridized carbons (Fsp3) is 0.440. The van der Waals surface area contributed by atoms with Crippen LogP contribution in [-0.4, -0.2) is 69.2 Å². The molecule has 0 aliphatic carbocycles. The summed E-state index contributed by atoms with van der Waals surface area (Å²) in [6.07, 6.45) is 1.94. The molecule has 2 amide bonds. The maximum absolute atomic E-state index is 13.0. The SMILES string of the molecule is CC1CCc2ccccc2N1C(=O)CN(C)CC(=O)Nc1ccc(N2CCOCC2)cc1. The number of amides is 2. The standard InChI is InChI=1S/C25H32N4O3/c1-19-7-8-20-5-3-4-6-23(20)29(19)25(31)18-27(2)17-24(30)26-21-9-11-22(12-10-21)28-13-15-32-16-14-28/h3-6,9-12,19H,7-8,13-18H2,1-2H3,(H,26,30). The number of morpholine rings is 1. The van der Waals surface area contributed by atoms with Crippen LogP contribution in [-0.2, 0) is 20.7 Å². The van der Waals surface area contributed by atoms with Crippen molar-refractivity contribution in [3.05, 3.63) is 54.1 Å². The highest BCUT2D eigenvalue weighted by Crippen LogP contribution is 2.30. The van der Waals surface area contributed by atoms with Gasteiger partial charge in [0.05, 0.1) is 26.3 Å². The average Bonchev–Trinajstić information content (AvgIpc) is 2.79. The molecule has 32 heavy (non-hydrogen) atoms. The molecule has 4 rings (SSSR count). The number of likely N-dealkylation sites (N-methyl/N-ethyl adjacent to an activating group) is 1. The van der Waals surface area contributed by atoms with E-state index in [4.69, 9.17) is 4.74 Å². The van der Waals surface area contributed by atoms with Crippen molar-refractivity contribution >= 4 is 28.9 Å². The molecule has 0 bridgehead atoms. The highest BCUT2D eigenvalue weighted by Gasteiger charge is 2.28. The molecule has 0 radical (unpaired) electrons. The zero-order valence-corrected chi connectivity index (χ0v) is 18.9. The van der Waals surface area contributed by atoms with Gasteiger partial charge in [-0.05, 0) is 62.7 Å². The first-order chi connectivity index (χ1) is 15.5. The van der Waals surface area contributed by atoms with E-state index in [1.165, 1.54) is 5.56 Å². The van der Waals surface area contributed by atoms with E-state index in [-0.39, 0.29) is 30.9 Å². The number of nitrogens with zero attached hydrogens (tertiary/aromatic N) is 3. The van der Waals surface area contributed by atoms with Crippen molar-refractivity contribution in [2.45, 2.75) is 25.8 Å². The lowest BCUT2D eigenvalue weighted by Crippen LogP contribution is -2.47. The van der Waals surface area contributed by atoms with Crippen molar-refractivity contribution in [3.8, 4) is 0 Å². The van der Waals surface area contributed by atoms with E-state index in [1.807, 2.05) is 47.4 Å². The second-order valence-electron chi connectivity index (χ2n) is 8.65. The van der Waals surface area contributed by atoms with Gasteiger partial charge in [0, 0.05) is 36.2 Å².